The van der Waals surface area contributed by atoms with Crippen LogP contribution in [0.25, 0.3) is 11.4 Å². The predicted octanol–water partition coefficient (Wildman–Crippen LogP) is 1.98. The highest BCUT2D eigenvalue weighted by Gasteiger charge is 2.28. The summed E-state index contributed by atoms with van der Waals surface area (Å²) >= 11 is 0. The van der Waals surface area contributed by atoms with Crippen molar-refractivity contribution in [2.24, 2.45) is 0 Å². The van der Waals surface area contributed by atoms with E-state index in [-0.39, 0.29) is 12.4 Å². The van der Waals surface area contributed by atoms with Crippen molar-refractivity contribution < 1.29 is 0 Å². The van der Waals surface area contributed by atoms with Gasteiger partial charge in [-0.1, -0.05) is 30.3 Å². The van der Waals surface area contributed by atoms with Crippen molar-refractivity contribution in [3.8, 4) is 11.4 Å². The first kappa shape index (κ1) is 17.4. The molecule has 1 aromatic carbocycles. The van der Waals surface area contributed by atoms with E-state index in [9.17, 15) is 0 Å². The normalized spacial score (nSPS) is 22.4. The Labute approximate surface area is 149 Å². The van der Waals surface area contributed by atoms with E-state index in [1.54, 1.807) is 0 Å². The number of hydrogen-bond donors (Lipinski definition) is 2. The van der Waals surface area contributed by atoms with Gasteiger partial charge in [0.1, 0.15) is 5.82 Å². The van der Waals surface area contributed by atoms with Crippen molar-refractivity contribution in [2.75, 3.05) is 39.3 Å². The lowest BCUT2D eigenvalue weighted by Gasteiger charge is -2.32. The van der Waals surface area contributed by atoms with Gasteiger partial charge in [-0.25, -0.2) is 4.98 Å². The van der Waals surface area contributed by atoms with Crippen LogP contribution in [0.1, 0.15) is 12.1 Å². The van der Waals surface area contributed by atoms with Crippen LogP contribution < -0.4 is 5.32 Å². The Morgan fingerprint density at radius 3 is 2.67 bits per heavy atom. The molecule has 0 aliphatic carbocycles. The molecule has 0 saturated carbocycles. The molecule has 1 unspecified atom stereocenters. The third-order valence-electron chi connectivity index (χ3n) is 4.99. The summed E-state index contributed by atoms with van der Waals surface area (Å²) in [4.78, 5) is 13.2. The van der Waals surface area contributed by atoms with E-state index in [0.29, 0.717) is 0 Å². The van der Waals surface area contributed by atoms with Crippen LogP contribution in [0, 0.1) is 0 Å². The van der Waals surface area contributed by atoms with E-state index in [1.807, 2.05) is 12.3 Å². The molecule has 1 aromatic heterocycles. The molecule has 2 aliphatic rings. The van der Waals surface area contributed by atoms with E-state index < -0.39 is 0 Å². The van der Waals surface area contributed by atoms with Crippen molar-refractivity contribution in [1.82, 2.24) is 25.1 Å². The van der Waals surface area contributed by atoms with Crippen LogP contribution in [-0.2, 0) is 6.54 Å². The summed E-state index contributed by atoms with van der Waals surface area (Å²) in [5.41, 5.74) is 2.36. The van der Waals surface area contributed by atoms with E-state index in [4.69, 9.17) is 0 Å². The summed E-state index contributed by atoms with van der Waals surface area (Å²) in [6.45, 7) is 8.01. The molecule has 2 saturated heterocycles. The molecule has 5 nitrogen and oxygen atoms in total. The number of aromatic amines is 1. The summed E-state index contributed by atoms with van der Waals surface area (Å²) in [6, 6.07) is 11.1. The standard InChI is InChI=1S/C18H25N5.ClH/c1-2-4-15(5-3-1)18-20-12-16(21-18)13-22-9-6-17(14-22)23-10-7-19-8-11-23;/h1-5,12,17,19H,6-11,13-14H2,(H,20,21);1H. The van der Waals surface area contributed by atoms with Gasteiger partial charge in [-0.3, -0.25) is 9.80 Å². The van der Waals surface area contributed by atoms with Gasteiger partial charge in [-0.05, 0) is 6.42 Å². The zero-order valence-corrected chi connectivity index (χ0v) is 14.8. The van der Waals surface area contributed by atoms with Crippen LogP contribution in [0.2, 0.25) is 0 Å². The van der Waals surface area contributed by atoms with Crippen LogP contribution in [0.4, 0.5) is 0 Å². The minimum Gasteiger partial charge on any atom is -0.341 e. The average Bonchev–Trinajstić information content (AvgIpc) is 3.27. The summed E-state index contributed by atoms with van der Waals surface area (Å²) in [7, 11) is 0. The molecule has 2 aromatic rings. The Morgan fingerprint density at radius 1 is 1.08 bits per heavy atom. The van der Waals surface area contributed by atoms with E-state index >= 15 is 0 Å². The molecule has 0 amide bonds. The van der Waals surface area contributed by atoms with Gasteiger partial charge in [0.05, 0.1) is 0 Å². The van der Waals surface area contributed by atoms with E-state index in [1.165, 1.54) is 38.3 Å². The molecular weight excluding hydrogens is 322 g/mol. The summed E-state index contributed by atoms with van der Waals surface area (Å²) < 4.78 is 0. The fourth-order valence-corrected chi connectivity index (χ4v) is 3.72. The smallest absolute Gasteiger partial charge is 0.137 e. The molecule has 2 fully saturated rings. The fraction of sp³-hybridized carbons (Fsp3) is 0.500. The molecule has 2 aliphatic heterocycles. The highest BCUT2D eigenvalue weighted by Crippen LogP contribution is 2.20. The van der Waals surface area contributed by atoms with Gasteiger partial charge in [0.25, 0.3) is 0 Å². The molecular formula is C18H26ClN5. The molecule has 2 N–H and O–H groups in total. The highest BCUT2D eigenvalue weighted by molar-refractivity contribution is 5.85. The number of aromatic nitrogens is 2. The molecule has 0 radical (unpaired) electrons. The number of halogens is 1. The number of H-pyrrole nitrogens is 1. The maximum atomic E-state index is 4.54. The van der Waals surface area contributed by atoms with Crippen LogP contribution in [-0.4, -0.2) is 65.1 Å². The molecule has 6 heteroatoms. The number of benzene rings is 1. The van der Waals surface area contributed by atoms with Gasteiger partial charge >= 0.3 is 0 Å². The highest BCUT2D eigenvalue weighted by atomic mass is 35.5. The summed E-state index contributed by atoms with van der Waals surface area (Å²) in [5, 5.41) is 3.44. The first-order valence-electron chi connectivity index (χ1n) is 8.65. The van der Waals surface area contributed by atoms with Gasteiger partial charge in [-0.2, -0.15) is 0 Å². The lowest BCUT2D eigenvalue weighted by Crippen LogP contribution is -2.49. The number of hydrogen-bond acceptors (Lipinski definition) is 4. The van der Waals surface area contributed by atoms with Gasteiger partial charge in [-0.15, -0.1) is 12.4 Å². The number of rotatable bonds is 4. The zero-order valence-electron chi connectivity index (χ0n) is 13.9. The second-order valence-corrected chi connectivity index (χ2v) is 6.59. The summed E-state index contributed by atoms with van der Waals surface area (Å²) in [6.07, 6.45) is 3.28. The van der Waals surface area contributed by atoms with Crippen molar-refractivity contribution in [3.63, 3.8) is 0 Å². The zero-order chi connectivity index (χ0) is 15.5. The number of nitrogens with zero attached hydrogens (tertiary/aromatic N) is 3. The fourth-order valence-electron chi connectivity index (χ4n) is 3.72. The van der Waals surface area contributed by atoms with Crippen LogP contribution in [0.15, 0.2) is 36.5 Å². The number of nitrogens with one attached hydrogen (secondary N) is 2. The van der Waals surface area contributed by atoms with Crippen molar-refractivity contribution >= 4 is 12.4 Å². The minimum absolute atomic E-state index is 0. The Balaban J connectivity index is 0.00000169. The molecule has 24 heavy (non-hydrogen) atoms. The van der Waals surface area contributed by atoms with Crippen LogP contribution in [0.3, 0.4) is 0 Å². The van der Waals surface area contributed by atoms with E-state index in [0.717, 1.165) is 37.1 Å². The number of likely N-dealkylation sites (tertiary alicyclic amines) is 1. The Morgan fingerprint density at radius 2 is 1.88 bits per heavy atom. The first-order valence-corrected chi connectivity index (χ1v) is 8.65. The second kappa shape index (κ2) is 8.12. The number of piperazine rings is 1. The summed E-state index contributed by atoms with van der Waals surface area (Å²) in [5.74, 6) is 0.971. The topological polar surface area (TPSA) is 47.2 Å². The maximum absolute atomic E-state index is 4.54. The first-order chi connectivity index (χ1) is 11.4. The Bertz CT molecular complexity index is 623. The largest absolute Gasteiger partial charge is 0.341 e. The SMILES string of the molecule is Cl.c1ccc(-c2ncc(CN3CCC(N4CCNCC4)C3)[nH]2)cc1. The lowest BCUT2D eigenvalue weighted by molar-refractivity contribution is 0.170. The van der Waals surface area contributed by atoms with Crippen molar-refractivity contribution in [1.29, 1.82) is 0 Å². The molecule has 3 heterocycles. The average molecular weight is 348 g/mol. The third kappa shape index (κ3) is 3.98. The molecule has 0 spiro atoms. The van der Waals surface area contributed by atoms with Crippen molar-refractivity contribution in [3.05, 3.63) is 42.2 Å². The van der Waals surface area contributed by atoms with Crippen molar-refractivity contribution in [2.45, 2.75) is 19.0 Å². The molecule has 1 atom stereocenters. The van der Waals surface area contributed by atoms with Gasteiger partial charge in [0.2, 0.25) is 0 Å². The molecule has 130 valence electrons. The molecule has 0 bridgehead atoms. The monoisotopic (exact) mass is 347 g/mol. The van der Waals surface area contributed by atoms with Gasteiger partial charge in [0, 0.05) is 69.3 Å². The number of imidazole rings is 1. The van der Waals surface area contributed by atoms with E-state index in [2.05, 4.69) is 49.4 Å². The van der Waals surface area contributed by atoms with Crippen LogP contribution >= 0.6 is 12.4 Å². The Kier molecular flexibility index (Phi) is 5.89. The van der Waals surface area contributed by atoms with Gasteiger partial charge < -0.3 is 10.3 Å². The minimum atomic E-state index is 0. The van der Waals surface area contributed by atoms with Crippen LogP contribution in [0.5, 0.6) is 0 Å². The lowest BCUT2D eigenvalue weighted by atomic mass is 10.2. The molecule has 4 rings (SSSR count). The second-order valence-electron chi connectivity index (χ2n) is 6.59. The third-order valence-corrected chi connectivity index (χ3v) is 4.99. The predicted molar refractivity (Wildman–Crippen MR) is 99.4 cm³/mol. The van der Waals surface area contributed by atoms with Gasteiger partial charge in [0.15, 0.2) is 0 Å². The maximum Gasteiger partial charge on any atom is 0.137 e. The Hall–Kier alpha value is -1.40. The quantitative estimate of drug-likeness (QED) is 0.888.